The minimum atomic E-state index is -0.263. The summed E-state index contributed by atoms with van der Waals surface area (Å²) in [5.74, 6) is 0.567. The summed E-state index contributed by atoms with van der Waals surface area (Å²) in [5.41, 5.74) is 5.37. The number of imidazole rings is 1. The molecule has 0 aliphatic heterocycles. The molecule has 84 valence electrons. The number of aromatic nitrogens is 4. The SMILES string of the molecule is Nc1nnc(C(=O)NCCc2ncc[nH]2)s1. The second-order valence-electron chi connectivity index (χ2n) is 2.99. The average molecular weight is 238 g/mol. The van der Waals surface area contributed by atoms with Crippen molar-refractivity contribution in [1.82, 2.24) is 25.5 Å². The lowest BCUT2D eigenvalue weighted by Gasteiger charge is -1.99. The van der Waals surface area contributed by atoms with E-state index in [1.54, 1.807) is 12.4 Å². The maximum absolute atomic E-state index is 11.5. The van der Waals surface area contributed by atoms with Gasteiger partial charge in [-0.05, 0) is 0 Å². The van der Waals surface area contributed by atoms with Gasteiger partial charge in [0, 0.05) is 25.4 Å². The maximum atomic E-state index is 11.5. The van der Waals surface area contributed by atoms with Gasteiger partial charge in [0.1, 0.15) is 5.82 Å². The second kappa shape index (κ2) is 4.71. The number of nitrogen functional groups attached to an aromatic ring is 1. The van der Waals surface area contributed by atoms with E-state index in [0.29, 0.717) is 13.0 Å². The van der Waals surface area contributed by atoms with Gasteiger partial charge in [-0.15, -0.1) is 10.2 Å². The molecule has 0 aliphatic rings. The van der Waals surface area contributed by atoms with Gasteiger partial charge in [0.2, 0.25) is 10.1 Å². The number of anilines is 1. The van der Waals surface area contributed by atoms with Crippen LogP contribution in [0.4, 0.5) is 5.13 Å². The molecule has 2 aromatic heterocycles. The Bertz CT molecular complexity index is 465. The third-order valence-electron chi connectivity index (χ3n) is 1.84. The number of carbonyl (C=O) groups is 1. The molecule has 4 N–H and O–H groups in total. The van der Waals surface area contributed by atoms with E-state index < -0.39 is 0 Å². The van der Waals surface area contributed by atoms with Crippen LogP contribution < -0.4 is 11.1 Å². The molecular weight excluding hydrogens is 228 g/mol. The normalized spacial score (nSPS) is 10.2. The molecule has 8 heteroatoms. The van der Waals surface area contributed by atoms with E-state index >= 15 is 0 Å². The number of nitrogens with zero attached hydrogens (tertiary/aromatic N) is 3. The van der Waals surface area contributed by atoms with E-state index in [1.165, 1.54) is 0 Å². The van der Waals surface area contributed by atoms with Gasteiger partial charge >= 0.3 is 0 Å². The molecule has 0 fully saturated rings. The molecular formula is C8H10N6OS. The Hall–Kier alpha value is -1.96. The van der Waals surface area contributed by atoms with E-state index in [-0.39, 0.29) is 16.0 Å². The van der Waals surface area contributed by atoms with Gasteiger partial charge in [-0.1, -0.05) is 11.3 Å². The summed E-state index contributed by atoms with van der Waals surface area (Å²) >= 11 is 1.06. The maximum Gasteiger partial charge on any atom is 0.282 e. The third kappa shape index (κ3) is 2.54. The summed E-state index contributed by atoms with van der Waals surface area (Å²) < 4.78 is 0. The van der Waals surface area contributed by atoms with Gasteiger partial charge in [0.05, 0.1) is 0 Å². The standard InChI is InChI=1S/C8H10N6OS/c9-8-14-13-7(16-8)6(15)12-2-1-5-10-3-4-11-5/h3-4H,1-2H2,(H2,9,14)(H,10,11)(H,12,15). The molecule has 2 aromatic rings. The summed E-state index contributed by atoms with van der Waals surface area (Å²) in [6, 6.07) is 0. The summed E-state index contributed by atoms with van der Waals surface area (Å²) in [6.45, 7) is 0.492. The van der Waals surface area contributed by atoms with Crippen molar-refractivity contribution in [2.45, 2.75) is 6.42 Å². The Morgan fingerprint density at radius 3 is 3.06 bits per heavy atom. The fraction of sp³-hybridized carbons (Fsp3) is 0.250. The van der Waals surface area contributed by atoms with Gasteiger partial charge in [-0.3, -0.25) is 4.79 Å². The van der Waals surface area contributed by atoms with Crippen LogP contribution in [0.5, 0.6) is 0 Å². The van der Waals surface area contributed by atoms with Crippen LogP contribution in [0.25, 0.3) is 0 Å². The summed E-state index contributed by atoms with van der Waals surface area (Å²) in [4.78, 5) is 18.5. The highest BCUT2D eigenvalue weighted by Crippen LogP contribution is 2.10. The quantitative estimate of drug-likeness (QED) is 0.684. The van der Waals surface area contributed by atoms with Crippen molar-refractivity contribution in [3.63, 3.8) is 0 Å². The van der Waals surface area contributed by atoms with Crippen LogP contribution in [-0.2, 0) is 6.42 Å². The summed E-state index contributed by atoms with van der Waals surface area (Å²) in [7, 11) is 0. The lowest BCUT2D eigenvalue weighted by atomic mass is 10.4. The molecule has 0 spiro atoms. The highest BCUT2D eigenvalue weighted by Gasteiger charge is 2.10. The predicted molar refractivity (Wildman–Crippen MR) is 58.9 cm³/mol. The number of H-pyrrole nitrogens is 1. The highest BCUT2D eigenvalue weighted by molar-refractivity contribution is 7.16. The first-order chi connectivity index (χ1) is 7.75. The molecule has 0 radical (unpaired) electrons. The van der Waals surface area contributed by atoms with Crippen LogP contribution >= 0.6 is 11.3 Å². The van der Waals surface area contributed by atoms with Crippen LogP contribution in [0.15, 0.2) is 12.4 Å². The predicted octanol–water partition coefficient (Wildman–Crippen LogP) is -0.184. The zero-order chi connectivity index (χ0) is 11.4. The van der Waals surface area contributed by atoms with Gasteiger partial charge in [-0.2, -0.15) is 0 Å². The Balaban J connectivity index is 1.80. The average Bonchev–Trinajstić information content (AvgIpc) is 2.89. The molecule has 0 aliphatic carbocycles. The first kappa shape index (κ1) is 10.6. The number of hydrogen-bond donors (Lipinski definition) is 3. The molecule has 7 nitrogen and oxygen atoms in total. The molecule has 0 bridgehead atoms. The van der Waals surface area contributed by atoms with Crippen molar-refractivity contribution in [2.75, 3.05) is 12.3 Å². The fourth-order valence-electron chi connectivity index (χ4n) is 1.13. The van der Waals surface area contributed by atoms with Crippen molar-refractivity contribution in [3.8, 4) is 0 Å². The van der Waals surface area contributed by atoms with Crippen molar-refractivity contribution in [1.29, 1.82) is 0 Å². The second-order valence-corrected chi connectivity index (χ2v) is 4.00. The number of nitrogens with one attached hydrogen (secondary N) is 2. The van der Waals surface area contributed by atoms with Crippen LogP contribution in [0, 0.1) is 0 Å². The van der Waals surface area contributed by atoms with Crippen LogP contribution in [0.3, 0.4) is 0 Å². The Kier molecular flexibility index (Phi) is 3.10. The summed E-state index contributed by atoms with van der Waals surface area (Å²) in [5, 5.41) is 10.5. The molecule has 0 atom stereocenters. The molecule has 0 saturated carbocycles. The molecule has 2 rings (SSSR count). The highest BCUT2D eigenvalue weighted by atomic mass is 32.1. The zero-order valence-corrected chi connectivity index (χ0v) is 9.12. The molecule has 0 unspecified atom stereocenters. The van der Waals surface area contributed by atoms with Crippen molar-refractivity contribution in [2.24, 2.45) is 0 Å². The third-order valence-corrected chi connectivity index (χ3v) is 2.59. The Morgan fingerprint density at radius 1 is 1.56 bits per heavy atom. The van der Waals surface area contributed by atoms with E-state index in [1.807, 2.05) is 0 Å². The number of amides is 1. The lowest BCUT2D eigenvalue weighted by molar-refractivity contribution is 0.0953. The number of rotatable bonds is 4. The first-order valence-corrected chi connectivity index (χ1v) is 5.43. The minimum absolute atomic E-state index is 0.263. The topological polar surface area (TPSA) is 110 Å². The monoisotopic (exact) mass is 238 g/mol. The van der Waals surface area contributed by atoms with E-state index in [0.717, 1.165) is 17.2 Å². The molecule has 0 aromatic carbocycles. The largest absolute Gasteiger partial charge is 0.374 e. The molecule has 16 heavy (non-hydrogen) atoms. The lowest BCUT2D eigenvalue weighted by Crippen LogP contribution is -2.25. The van der Waals surface area contributed by atoms with Crippen molar-refractivity contribution >= 4 is 22.4 Å². The Morgan fingerprint density at radius 2 is 2.44 bits per heavy atom. The van der Waals surface area contributed by atoms with Crippen molar-refractivity contribution in [3.05, 3.63) is 23.2 Å². The molecule has 2 heterocycles. The van der Waals surface area contributed by atoms with Gasteiger partial charge in [0.25, 0.3) is 5.91 Å². The van der Waals surface area contributed by atoms with Crippen LogP contribution in [0.2, 0.25) is 0 Å². The number of hydrogen-bond acceptors (Lipinski definition) is 6. The van der Waals surface area contributed by atoms with E-state index in [4.69, 9.17) is 5.73 Å². The van der Waals surface area contributed by atoms with Crippen LogP contribution in [0.1, 0.15) is 15.6 Å². The molecule has 0 saturated heterocycles. The van der Waals surface area contributed by atoms with E-state index in [2.05, 4.69) is 25.5 Å². The smallest absolute Gasteiger partial charge is 0.282 e. The molecule has 1 amide bonds. The summed E-state index contributed by atoms with van der Waals surface area (Å²) in [6.07, 6.45) is 4.05. The zero-order valence-electron chi connectivity index (χ0n) is 8.30. The first-order valence-electron chi connectivity index (χ1n) is 4.61. The van der Waals surface area contributed by atoms with Crippen molar-refractivity contribution < 1.29 is 4.79 Å². The minimum Gasteiger partial charge on any atom is -0.374 e. The number of aromatic amines is 1. The van der Waals surface area contributed by atoms with E-state index in [9.17, 15) is 4.79 Å². The number of carbonyl (C=O) groups excluding carboxylic acids is 1. The van der Waals surface area contributed by atoms with Gasteiger partial charge < -0.3 is 16.0 Å². The fourth-order valence-corrected chi connectivity index (χ4v) is 1.66. The van der Waals surface area contributed by atoms with Gasteiger partial charge in [-0.25, -0.2) is 4.98 Å². The Labute approximate surface area is 95.1 Å². The van der Waals surface area contributed by atoms with Crippen LogP contribution in [-0.4, -0.2) is 32.6 Å². The van der Waals surface area contributed by atoms with Gasteiger partial charge in [0.15, 0.2) is 0 Å². The number of nitrogens with two attached hydrogens (primary N) is 1.